The van der Waals surface area contributed by atoms with Crippen molar-refractivity contribution in [3.05, 3.63) is 0 Å². The molecule has 0 aliphatic rings. The second kappa shape index (κ2) is 6.47. The number of thioether (sulfide) groups is 1. The summed E-state index contributed by atoms with van der Waals surface area (Å²) in [6.45, 7) is 16.9. The largest absolute Gasteiger partial charge is 0.376 e. The first-order valence-corrected chi connectivity index (χ1v) is 8.04. The molecule has 0 heterocycles. The molecule has 0 N–H and O–H groups in total. The van der Waals surface area contributed by atoms with Crippen molar-refractivity contribution in [3.8, 4) is 0 Å². The number of ether oxygens (including phenoxy) is 1. The first-order chi connectivity index (χ1) is 7.52. The topological polar surface area (TPSA) is 9.23 Å². The fourth-order valence-electron chi connectivity index (χ4n) is 1.38. The van der Waals surface area contributed by atoms with Crippen LogP contribution in [0.15, 0.2) is 0 Å². The van der Waals surface area contributed by atoms with Crippen LogP contribution in [0.2, 0.25) is 0 Å². The molecule has 104 valence electrons. The summed E-state index contributed by atoms with van der Waals surface area (Å²) in [7, 11) is 0. The molecular weight excluding hydrogens is 228 g/mol. The predicted octanol–water partition coefficient (Wildman–Crippen LogP) is 5.00. The maximum atomic E-state index is 6.05. The highest BCUT2D eigenvalue weighted by atomic mass is 32.2. The Morgan fingerprint density at radius 2 is 1.41 bits per heavy atom. The Labute approximate surface area is 113 Å². The van der Waals surface area contributed by atoms with Gasteiger partial charge in [0, 0.05) is 6.61 Å². The molecular formula is C15H32OS. The van der Waals surface area contributed by atoms with Gasteiger partial charge in [0.25, 0.3) is 0 Å². The summed E-state index contributed by atoms with van der Waals surface area (Å²) in [5, 5.41) is 0. The Morgan fingerprint density at radius 1 is 0.882 bits per heavy atom. The molecule has 0 aliphatic heterocycles. The average Bonchev–Trinajstić information content (AvgIpc) is 2.12. The van der Waals surface area contributed by atoms with Gasteiger partial charge < -0.3 is 4.74 Å². The molecule has 0 fully saturated rings. The van der Waals surface area contributed by atoms with Crippen molar-refractivity contribution in [2.45, 2.75) is 66.9 Å². The minimum atomic E-state index is 0.0248. The smallest absolute Gasteiger partial charge is 0.0634 e. The van der Waals surface area contributed by atoms with Gasteiger partial charge in [0.15, 0.2) is 0 Å². The molecule has 0 aromatic carbocycles. The van der Waals surface area contributed by atoms with Crippen LogP contribution in [0.25, 0.3) is 0 Å². The van der Waals surface area contributed by atoms with Crippen LogP contribution >= 0.6 is 11.8 Å². The van der Waals surface area contributed by atoms with Crippen molar-refractivity contribution in [1.29, 1.82) is 0 Å². The molecule has 2 heteroatoms. The van der Waals surface area contributed by atoms with Gasteiger partial charge in [0.2, 0.25) is 0 Å². The molecule has 0 saturated heterocycles. The minimum Gasteiger partial charge on any atom is -0.376 e. The highest BCUT2D eigenvalue weighted by Gasteiger charge is 2.32. The lowest BCUT2D eigenvalue weighted by molar-refractivity contribution is -0.0419. The van der Waals surface area contributed by atoms with Crippen molar-refractivity contribution < 1.29 is 4.74 Å². The molecule has 0 aromatic rings. The van der Waals surface area contributed by atoms with Gasteiger partial charge in [0.05, 0.1) is 5.60 Å². The summed E-state index contributed by atoms with van der Waals surface area (Å²) in [4.78, 5) is 0. The van der Waals surface area contributed by atoms with Crippen molar-refractivity contribution in [3.63, 3.8) is 0 Å². The second-order valence-electron chi connectivity index (χ2n) is 7.23. The van der Waals surface area contributed by atoms with Crippen molar-refractivity contribution in [2.24, 2.45) is 10.8 Å². The second-order valence-corrected chi connectivity index (χ2v) is 8.22. The Bertz CT molecular complexity index is 213. The quantitative estimate of drug-likeness (QED) is 0.637. The average molecular weight is 260 g/mol. The summed E-state index contributed by atoms with van der Waals surface area (Å²) in [6.07, 6.45) is 4.40. The lowest BCUT2D eigenvalue weighted by Gasteiger charge is -2.39. The Balaban J connectivity index is 4.06. The highest BCUT2D eigenvalue weighted by Crippen LogP contribution is 2.40. The van der Waals surface area contributed by atoms with Crippen LogP contribution < -0.4 is 0 Å². The van der Waals surface area contributed by atoms with Gasteiger partial charge >= 0.3 is 0 Å². The third kappa shape index (κ3) is 6.71. The summed E-state index contributed by atoms with van der Waals surface area (Å²) in [6, 6.07) is 0. The van der Waals surface area contributed by atoms with E-state index >= 15 is 0 Å². The van der Waals surface area contributed by atoms with E-state index in [0.717, 1.165) is 19.4 Å². The zero-order valence-corrected chi connectivity index (χ0v) is 14.0. The van der Waals surface area contributed by atoms with Gasteiger partial charge in [-0.3, -0.25) is 0 Å². The maximum absolute atomic E-state index is 6.05. The normalized spacial score (nSPS) is 14.1. The van der Waals surface area contributed by atoms with E-state index in [4.69, 9.17) is 4.74 Å². The third-order valence-corrected chi connectivity index (χ3v) is 4.77. The van der Waals surface area contributed by atoms with Crippen LogP contribution in [0.5, 0.6) is 0 Å². The summed E-state index contributed by atoms with van der Waals surface area (Å²) in [5.74, 6) is 1.18. The van der Waals surface area contributed by atoms with E-state index in [9.17, 15) is 0 Å². The van der Waals surface area contributed by atoms with E-state index in [0.29, 0.717) is 10.8 Å². The number of hydrogen-bond donors (Lipinski definition) is 0. The fraction of sp³-hybridized carbons (Fsp3) is 1.00. The zero-order chi connectivity index (χ0) is 13.7. The van der Waals surface area contributed by atoms with Crippen LogP contribution in [-0.2, 0) is 4.74 Å². The Morgan fingerprint density at radius 3 is 1.82 bits per heavy atom. The molecule has 0 aliphatic carbocycles. The van der Waals surface area contributed by atoms with Crippen LogP contribution in [0, 0.1) is 10.8 Å². The van der Waals surface area contributed by atoms with Crippen molar-refractivity contribution in [2.75, 3.05) is 18.6 Å². The van der Waals surface area contributed by atoms with E-state index in [1.54, 1.807) is 0 Å². The first-order valence-electron chi connectivity index (χ1n) is 6.65. The molecule has 0 rings (SSSR count). The molecule has 0 atom stereocenters. The molecule has 0 unspecified atom stereocenters. The van der Waals surface area contributed by atoms with Gasteiger partial charge in [-0.15, -0.1) is 0 Å². The lowest BCUT2D eigenvalue weighted by Crippen LogP contribution is -2.33. The van der Waals surface area contributed by atoms with E-state index in [2.05, 4.69) is 54.7 Å². The molecule has 0 amide bonds. The maximum Gasteiger partial charge on any atom is 0.0634 e. The molecule has 1 nitrogen and oxygen atoms in total. The standard InChI is InChI=1S/C15H32OS/c1-13(2,3)14(4,5)9-11-16-15(6,7)10-12-17-8/h9-12H2,1-8H3. The Hall–Kier alpha value is 0.310. The van der Waals surface area contributed by atoms with Gasteiger partial charge in [0.1, 0.15) is 0 Å². The van der Waals surface area contributed by atoms with Crippen LogP contribution in [0.3, 0.4) is 0 Å². The molecule has 17 heavy (non-hydrogen) atoms. The highest BCUT2D eigenvalue weighted by molar-refractivity contribution is 7.98. The van der Waals surface area contributed by atoms with Crippen molar-refractivity contribution >= 4 is 11.8 Å². The zero-order valence-electron chi connectivity index (χ0n) is 13.1. The third-order valence-electron chi connectivity index (χ3n) is 4.16. The first kappa shape index (κ1) is 17.3. The monoisotopic (exact) mass is 260 g/mol. The minimum absolute atomic E-state index is 0.0248. The fourth-order valence-corrected chi connectivity index (χ4v) is 2.07. The van der Waals surface area contributed by atoms with E-state index in [1.165, 1.54) is 5.75 Å². The van der Waals surface area contributed by atoms with Crippen LogP contribution in [-0.4, -0.2) is 24.2 Å². The van der Waals surface area contributed by atoms with E-state index in [1.807, 2.05) is 11.8 Å². The summed E-state index contributed by atoms with van der Waals surface area (Å²) >= 11 is 1.89. The Kier molecular flexibility index (Phi) is 6.59. The summed E-state index contributed by atoms with van der Waals surface area (Å²) in [5.41, 5.74) is 0.680. The molecule has 0 aromatic heterocycles. The molecule has 0 radical (unpaired) electrons. The molecule has 0 spiro atoms. The lowest BCUT2D eigenvalue weighted by atomic mass is 9.67. The van der Waals surface area contributed by atoms with Gasteiger partial charge in [-0.05, 0) is 49.5 Å². The van der Waals surface area contributed by atoms with Crippen LogP contribution in [0.4, 0.5) is 0 Å². The predicted molar refractivity (Wildman–Crippen MR) is 80.9 cm³/mol. The SMILES string of the molecule is CSCCC(C)(C)OCCC(C)(C)C(C)(C)C. The van der Waals surface area contributed by atoms with Gasteiger partial charge in [-0.2, -0.15) is 11.8 Å². The van der Waals surface area contributed by atoms with E-state index < -0.39 is 0 Å². The van der Waals surface area contributed by atoms with Crippen molar-refractivity contribution in [1.82, 2.24) is 0 Å². The van der Waals surface area contributed by atoms with Crippen LogP contribution in [0.1, 0.15) is 61.3 Å². The van der Waals surface area contributed by atoms with Gasteiger partial charge in [-0.1, -0.05) is 34.6 Å². The molecule has 0 bridgehead atoms. The summed E-state index contributed by atoms with van der Waals surface area (Å²) < 4.78 is 6.05. The molecule has 0 saturated carbocycles. The van der Waals surface area contributed by atoms with E-state index in [-0.39, 0.29) is 5.60 Å². The number of hydrogen-bond acceptors (Lipinski definition) is 2. The van der Waals surface area contributed by atoms with Gasteiger partial charge in [-0.25, -0.2) is 0 Å². The number of rotatable bonds is 7.